The molecule has 8 heteroatoms. The summed E-state index contributed by atoms with van der Waals surface area (Å²) < 4.78 is 17.0. The van der Waals surface area contributed by atoms with Crippen LogP contribution in [0.3, 0.4) is 0 Å². The number of carboxylic acids is 1. The minimum Gasteiger partial charge on any atom is -0.544 e. The standard InChI is InChI=1S/C37H71NO7/c1-6-8-10-12-14-15-16-17-18-19-20-21-22-24-26-28-36(40)45-33(31-43-30-29-34(37(41)42)38(3,4)5)32-44-35(39)27-25-23-13-11-9-7-2/h33-34H,6-32H2,1-5H3. The first-order chi connectivity index (χ1) is 21.6. The maximum absolute atomic E-state index is 12.6. The molecule has 0 amide bonds. The Morgan fingerprint density at radius 2 is 0.978 bits per heavy atom. The second-order valence-corrected chi connectivity index (χ2v) is 13.8. The van der Waals surface area contributed by atoms with Crippen molar-refractivity contribution in [2.45, 2.75) is 180 Å². The van der Waals surface area contributed by atoms with E-state index in [4.69, 9.17) is 14.2 Å². The number of rotatable bonds is 33. The van der Waals surface area contributed by atoms with Crippen molar-refractivity contribution in [3.05, 3.63) is 0 Å². The molecular weight excluding hydrogens is 570 g/mol. The first kappa shape index (κ1) is 43.3. The number of carbonyl (C=O) groups is 3. The van der Waals surface area contributed by atoms with E-state index in [0.29, 0.717) is 12.8 Å². The molecule has 0 fully saturated rings. The zero-order valence-corrected chi connectivity index (χ0v) is 30.1. The molecule has 266 valence electrons. The van der Waals surface area contributed by atoms with Gasteiger partial charge < -0.3 is 28.6 Å². The Hall–Kier alpha value is -1.67. The van der Waals surface area contributed by atoms with Gasteiger partial charge in [0.15, 0.2) is 6.10 Å². The van der Waals surface area contributed by atoms with Crippen molar-refractivity contribution in [1.82, 2.24) is 0 Å². The maximum atomic E-state index is 12.6. The largest absolute Gasteiger partial charge is 0.544 e. The quantitative estimate of drug-likeness (QED) is 0.0411. The summed E-state index contributed by atoms with van der Waals surface area (Å²) in [6.45, 7) is 4.60. The van der Waals surface area contributed by atoms with Crippen LogP contribution in [0.4, 0.5) is 0 Å². The smallest absolute Gasteiger partial charge is 0.306 e. The minimum atomic E-state index is -1.12. The number of carboxylic acid groups (broad SMARTS) is 1. The van der Waals surface area contributed by atoms with Gasteiger partial charge in [0.25, 0.3) is 0 Å². The van der Waals surface area contributed by atoms with E-state index in [1.54, 1.807) is 21.1 Å². The summed E-state index contributed by atoms with van der Waals surface area (Å²) in [7, 11) is 5.39. The van der Waals surface area contributed by atoms with E-state index >= 15 is 0 Å². The molecule has 8 nitrogen and oxygen atoms in total. The zero-order chi connectivity index (χ0) is 33.6. The van der Waals surface area contributed by atoms with Crippen LogP contribution < -0.4 is 5.11 Å². The summed E-state index contributed by atoms with van der Waals surface area (Å²) >= 11 is 0. The summed E-state index contributed by atoms with van der Waals surface area (Å²) in [6.07, 6.45) is 25.7. The Morgan fingerprint density at radius 3 is 1.38 bits per heavy atom. The number of carbonyl (C=O) groups excluding carboxylic acids is 3. The van der Waals surface area contributed by atoms with E-state index in [-0.39, 0.29) is 42.7 Å². The molecule has 0 aliphatic carbocycles. The molecule has 0 aromatic rings. The Balaban J connectivity index is 4.31. The van der Waals surface area contributed by atoms with Gasteiger partial charge in [-0.3, -0.25) is 9.59 Å². The number of nitrogens with zero attached hydrogens (tertiary/aromatic N) is 1. The summed E-state index contributed by atoms with van der Waals surface area (Å²) in [5.74, 6) is -1.73. The van der Waals surface area contributed by atoms with Crippen LogP contribution in [0.2, 0.25) is 0 Å². The number of hydrogen-bond acceptors (Lipinski definition) is 7. The van der Waals surface area contributed by atoms with Crippen molar-refractivity contribution in [3.63, 3.8) is 0 Å². The molecule has 0 rings (SSSR count). The average Bonchev–Trinajstić information content (AvgIpc) is 2.98. The lowest BCUT2D eigenvalue weighted by molar-refractivity contribution is -0.889. The summed E-state index contributed by atoms with van der Waals surface area (Å²) in [4.78, 5) is 36.4. The number of hydrogen-bond donors (Lipinski definition) is 0. The predicted octanol–water partition coefficient (Wildman–Crippen LogP) is 7.68. The molecule has 0 aromatic carbocycles. The molecule has 0 heterocycles. The Kier molecular flexibility index (Phi) is 28.6. The van der Waals surface area contributed by atoms with Gasteiger partial charge in [0.2, 0.25) is 0 Å². The lowest BCUT2D eigenvalue weighted by atomic mass is 10.0. The topological polar surface area (TPSA) is 102 Å². The molecule has 0 aliphatic heterocycles. The lowest BCUT2D eigenvalue weighted by Gasteiger charge is -2.34. The average molecular weight is 642 g/mol. The molecular formula is C37H71NO7. The number of esters is 2. The number of likely N-dealkylation sites (N-methyl/N-ethyl adjacent to an activating group) is 1. The Labute approximate surface area is 276 Å². The fraction of sp³-hybridized carbons (Fsp3) is 0.919. The fourth-order valence-electron chi connectivity index (χ4n) is 5.54. The van der Waals surface area contributed by atoms with Crippen LogP contribution in [-0.4, -0.2) is 75.5 Å². The van der Waals surface area contributed by atoms with Gasteiger partial charge in [-0.1, -0.05) is 136 Å². The van der Waals surface area contributed by atoms with Crippen LogP contribution in [0.1, 0.15) is 168 Å². The normalized spacial score (nSPS) is 13.0. The second-order valence-electron chi connectivity index (χ2n) is 13.8. The van der Waals surface area contributed by atoms with Crippen molar-refractivity contribution >= 4 is 17.9 Å². The number of aliphatic carboxylic acids is 1. The second kappa shape index (κ2) is 29.7. The van der Waals surface area contributed by atoms with E-state index in [2.05, 4.69) is 13.8 Å². The van der Waals surface area contributed by atoms with Gasteiger partial charge in [0, 0.05) is 19.3 Å². The van der Waals surface area contributed by atoms with Gasteiger partial charge >= 0.3 is 11.9 Å². The number of unbranched alkanes of at least 4 members (excludes halogenated alkanes) is 19. The zero-order valence-electron chi connectivity index (χ0n) is 30.1. The third kappa shape index (κ3) is 28.3. The van der Waals surface area contributed by atoms with Gasteiger partial charge in [-0.25, -0.2) is 0 Å². The van der Waals surface area contributed by atoms with Crippen LogP contribution in [0.25, 0.3) is 0 Å². The summed E-state index contributed by atoms with van der Waals surface area (Å²) in [6, 6.07) is -0.716. The van der Waals surface area contributed by atoms with Gasteiger partial charge in [-0.05, 0) is 12.8 Å². The molecule has 0 aliphatic rings. The van der Waals surface area contributed by atoms with Crippen molar-refractivity contribution in [2.75, 3.05) is 41.0 Å². The van der Waals surface area contributed by atoms with Crippen LogP contribution in [0.15, 0.2) is 0 Å². The minimum absolute atomic E-state index is 0.0474. The maximum Gasteiger partial charge on any atom is 0.306 e. The molecule has 0 saturated heterocycles. The predicted molar refractivity (Wildman–Crippen MR) is 181 cm³/mol. The third-order valence-electron chi connectivity index (χ3n) is 8.49. The van der Waals surface area contributed by atoms with E-state index in [0.717, 1.165) is 38.5 Å². The molecule has 0 N–H and O–H groups in total. The van der Waals surface area contributed by atoms with E-state index in [9.17, 15) is 19.5 Å². The van der Waals surface area contributed by atoms with Crippen molar-refractivity contribution in [3.8, 4) is 0 Å². The van der Waals surface area contributed by atoms with Crippen LogP contribution >= 0.6 is 0 Å². The highest BCUT2D eigenvalue weighted by Crippen LogP contribution is 2.15. The third-order valence-corrected chi connectivity index (χ3v) is 8.49. The highest BCUT2D eigenvalue weighted by Gasteiger charge is 2.25. The molecule has 2 unspecified atom stereocenters. The van der Waals surface area contributed by atoms with Crippen LogP contribution in [0.5, 0.6) is 0 Å². The van der Waals surface area contributed by atoms with Crippen molar-refractivity contribution in [1.29, 1.82) is 0 Å². The lowest BCUT2D eigenvalue weighted by Crippen LogP contribution is -2.55. The summed E-state index contributed by atoms with van der Waals surface area (Å²) in [5.41, 5.74) is 0. The number of quaternary nitrogens is 1. The Morgan fingerprint density at radius 1 is 0.578 bits per heavy atom. The molecule has 0 saturated carbocycles. The highest BCUT2D eigenvalue weighted by molar-refractivity contribution is 5.70. The van der Waals surface area contributed by atoms with E-state index in [1.807, 2.05) is 0 Å². The molecule has 0 aromatic heterocycles. The molecule has 0 spiro atoms. The monoisotopic (exact) mass is 642 g/mol. The van der Waals surface area contributed by atoms with Gasteiger partial charge in [0.1, 0.15) is 12.6 Å². The Bertz CT molecular complexity index is 722. The van der Waals surface area contributed by atoms with Crippen LogP contribution in [0, 0.1) is 0 Å². The first-order valence-corrected chi connectivity index (χ1v) is 18.6. The SMILES string of the molecule is CCCCCCCCCCCCCCCCCC(=O)OC(COCCC(C(=O)[O-])[N+](C)(C)C)COC(=O)CCCCCCCC. The molecule has 45 heavy (non-hydrogen) atoms. The van der Waals surface area contributed by atoms with Gasteiger partial charge in [0.05, 0.1) is 40.3 Å². The van der Waals surface area contributed by atoms with Crippen molar-refractivity contribution < 1.29 is 38.2 Å². The fourth-order valence-corrected chi connectivity index (χ4v) is 5.54. The molecule has 0 radical (unpaired) electrons. The highest BCUT2D eigenvalue weighted by atomic mass is 16.6. The van der Waals surface area contributed by atoms with Crippen LogP contribution in [-0.2, 0) is 28.6 Å². The summed E-state index contributed by atoms with van der Waals surface area (Å²) in [5, 5.41) is 11.5. The van der Waals surface area contributed by atoms with Crippen molar-refractivity contribution in [2.24, 2.45) is 0 Å². The van der Waals surface area contributed by atoms with Gasteiger partial charge in [-0.2, -0.15) is 0 Å². The van der Waals surface area contributed by atoms with Gasteiger partial charge in [-0.15, -0.1) is 0 Å². The molecule has 0 bridgehead atoms. The first-order valence-electron chi connectivity index (χ1n) is 18.6. The molecule has 2 atom stereocenters. The van der Waals surface area contributed by atoms with E-state index in [1.165, 1.54) is 96.3 Å². The number of ether oxygens (including phenoxy) is 3. The van der Waals surface area contributed by atoms with E-state index < -0.39 is 18.1 Å².